The van der Waals surface area contributed by atoms with Crippen molar-refractivity contribution >= 4 is 27.8 Å². The Bertz CT molecular complexity index is 804. The zero-order valence-electron chi connectivity index (χ0n) is 14.5. The lowest BCUT2D eigenvalue weighted by molar-refractivity contribution is -0.137. The molecule has 26 heavy (non-hydrogen) atoms. The quantitative estimate of drug-likeness (QED) is 0.583. The Morgan fingerprint density at radius 1 is 1.27 bits per heavy atom. The van der Waals surface area contributed by atoms with Gasteiger partial charge in [0.05, 0.1) is 17.0 Å². The number of likely N-dealkylation sites (N-methyl/N-ethyl adjacent to an activating group) is 1. The molecular weight excluding hydrogens is 362 g/mol. The monoisotopic (exact) mass is 383 g/mol. The number of esters is 1. The van der Waals surface area contributed by atoms with Gasteiger partial charge < -0.3 is 15.0 Å². The van der Waals surface area contributed by atoms with Crippen LogP contribution in [0.2, 0.25) is 0 Å². The third-order valence-corrected chi connectivity index (χ3v) is 5.14. The number of nitrogens with zero attached hydrogens (tertiary/aromatic N) is 1. The molecule has 1 aromatic rings. The van der Waals surface area contributed by atoms with Gasteiger partial charge in [-0.05, 0) is 38.1 Å². The molecule has 142 valence electrons. The van der Waals surface area contributed by atoms with Crippen LogP contribution in [-0.4, -0.2) is 64.4 Å². The zero-order valence-corrected chi connectivity index (χ0v) is 15.3. The van der Waals surface area contributed by atoms with Crippen molar-refractivity contribution in [3.8, 4) is 0 Å². The summed E-state index contributed by atoms with van der Waals surface area (Å²) in [5.41, 5.74) is 0.00301. The highest BCUT2D eigenvalue weighted by atomic mass is 32.2. The van der Waals surface area contributed by atoms with Crippen LogP contribution >= 0.6 is 0 Å². The van der Waals surface area contributed by atoms with Crippen LogP contribution in [0, 0.1) is 0 Å². The Hall–Kier alpha value is -2.46. The van der Waals surface area contributed by atoms with Gasteiger partial charge in [-0.25, -0.2) is 17.9 Å². The predicted molar refractivity (Wildman–Crippen MR) is 91.8 cm³/mol. The van der Waals surface area contributed by atoms with Crippen LogP contribution in [0.4, 0.5) is 0 Å². The molecule has 0 aromatic heterocycles. The smallest absolute Gasteiger partial charge is 0.338 e. The Morgan fingerprint density at radius 3 is 2.58 bits per heavy atom. The Kier molecular flexibility index (Phi) is 6.32. The number of hydrogen-bond donors (Lipinski definition) is 2. The third-order valence-electron chi connectivity index (χ3n) is 3.72. The van der Waals surface area contributed by atoms with Crippen molar-refractivity contribution < 1.29 is 27.5 Å². The van der Waals surface area contributed by atoms with E-state index >= 15 is 0 Å². The average molecular weight is 383 g/mol. The summed E-state index contributed by atoms with van der Waals surface area (Å²) in [4.78, 5) is 36.7. The summed E-state index contributed by atoms with van der Waals surface area (Å²) in [6.07, 6.45) is 1.90. The minimum Gasteiger partial charge on any atom is -0.452 e. The second kappa shape index (κ2) is 8.28. The Balaban J connectivity index is 1.88. The van der Waals surface area contributed by atoms with Crippen molar-refractivity contribution in [2.24, 2.45) is 0 Å². The van der Waals surface area contributed by atoms with Crippen molar-refractivity contribution in [2.75, 3.05) is 27.2 Å². The fourth-order valence-corrected chi connectivity index (χ4v) is 2.81. The number of sulfonamides is 1. The van der Waals surface area contributed by atoms with Crippen molar-refractivity contribution in [3.05, 3.63) is 29.8 Å². The summed E-state index contributed by atoms with van der Waals surface area (Å²) in [6, 6.07) is 5.47. The molecule has 1 aliphatic carbocycles. The van der Waals surface area contributed by atoms with E-state index in [0.717, 1.165) is 23.8 Å². The zero-order chi connectivity index (χ0) is 19.3. The summed E-state index contributed by atoms with van der Waals surface area (Å²) in [5.74, 6) is -1.63. The highest BCUT2D eigenvalue weighted by Gasteiger charge is 2.24. The Morgan fingerprint density at radius 2 is 1.96 bits per heavy atom. The summed E-state index contributed by atoms with van der Waals surface area (Å²) < 4.78 is 30.6. The molecule has 0 saturated heterocycles. The number of benzene rings is 1. The number of carbonyl (C=O) groups is 3. The third kappa shape index (κ3) is 5.53. The average Bonchev–Trinajstić information content (AvgIpc) is 3.43. The molecule has 2 amide bonds. The molecule has 1 aliphatic rings. The topological polar surface area (TPSA) is 122 Å². The van der Waals surface area contributed by atoms with Crippen molar-refractivity contribution in [2.45, 2.75) is 23.8 Å². The predicted octanol–water partition coefficient (Wildman–Crippen LogP) is -0.511. The van der Waals surface area contributed by atoms with Crippen LogP contribution in [0.15, 0.2) is 29.2 Å². The largest absolute Gasteiger partial charge is 0.452 e. The fraction of sp³-hybridized carbons (Fsp3) is 0.438. The first-order valence-corrected chi connectivity index (χ1v) is 9.45. The van der Waals surface area contributed by atoms with Crippen molar-refractivity contribution in [3.63, 3.8) is 0 Å². The second-order valence-corrected chi connectivity index (χ2v) is 7.79. The molecule has 2 rings (SSSR count). The summed E-state index contributed by atoms with van der Waals surface area (Å²) in [6.45, 7) is -0.669. The van der Waals surface area contributed by atoms with Gasteiger partial charge in [-0.15, -0.1) is 0 Å². The van der Waals surface area contributed by atoms with E-state index in [1.807, 2.05) is 0 Å². The van der Waals surface area contributed by atoms with E-state index in [-0.39, 0.29) is 29.0 Å². The van der Waals surface area contributed by atoms with Gasteiger partial charge in [0, 0.05) is 13.1 Å². The van der Waals surface area contributed by atoms with Crippen LogP contribution in [-0.2, 0) is 24.3 Å². The van der Waals surface area contributed by atoms with E-state index in [1.165, 1.54) is 32.3 Å². The maximum Gasteiger partial charge on any atom is 0.338 e. The molecule has 1 aromatic carbocycles. The molecular formula is C16H21N3O6S. The van der Waals surface area contributed by atoms with E-state index in [4.69, 9.17) is 4.74 Å². The molecule has 1 fully saturated rings. The van der Waals surface area contributed by atoms with Gasteiger partial charge in [0.15, 0.2) is 6.61 Å². The molecule has 0 atom stereocenters. The van der Waals surface area contributed by atoms with Crippen molar-refractivity contribution in [1.29, 1.82) is 0 Å². The minimum absolute atomic E-state index is 0.00301. The Labute approximate surface area is 151 Å². The van der Waals surface area contributed by atoms with Crippen molar-refractivity contribution in [1.82, 2.24) is 14.9 Å². The number of carbonyl (C=O) groups excluding carboxylic acids is 3. The van der Waals surface area contributed by atoms with Crippen LogP contribution in [0.25, 0.3) is 0 Å². The number of amides is 2. The highest BCUT2D eigenvalue weighted by Crippen LogP contribution is 2.18. The first-order valence-electron chi connectivity index (χ1n) is 7.97. The van der Waals surface area contributed by atoms with E-state index in [9.17, 15) is 22.8 Å². The van der Waals surface area contributed by atoms with Crippen LogP contribution < -0.4 is 10.0 Å². The van der Waals surface area contributed by atoms with Gasteiger partial charge in [0.25, 0.3) is 5.91 Å². The molecule has 0 bridgehead atoms. The summed E-state index contributed by atoms with van der Waals surface area (Å²) in [5, 5.41) is 2.75. The molecule has 0 aliphatic heterocycles. The molecule has 1 saturated carbocycles. The molecule has 0 unspecified atom stereocenters. The van der Waals surface area contributed by atoms with Crippen LogP contribution in [0.5, 0.6) is 0 Å². The first kappa shape index (κ1) is 19.9. The van der Waals surface area contributed by atoms with Gasteiger partial charge in [-0.2, -0.15) is 0 Å². The molecule has 0 spiro atoms. The summed E-state index contributed by atoms with van der Waals surface area (Å²) >= 11 is 0. The molecule has 2 N–H and O–H groups in total. The first-order chi connectivity index (χ1) is 12.2. The maximum absolute atomic E-state index is 12.0. The standard InChI is InChI=1S/C16H21N3O6S/c1-17-26(23,24)13-5-3-4-11(8-13)16(22)25-10-15(21)19(2)9-14(20)18-12-6-7-12/h3-5,8,12,17H,6-7,9-10H2,1-2H3,(H,18,20). The van der Waals surface area contributed by atoms with Crippen LogP contribution in [0.3, 0.4) is 0 Å². The van der Waals surface area contributed by atoms with Gasteiger partial charge in [0.2, 0.25) is 15.9 Å². The minimum atomic E-state index is -3.69. The lowest BCUT2D eigenvalue weighted by Crippen LogP contribution is -2.40. The van der Waals surface area contributed by atoms with Gasteiger partial charge in [-0.1, -0.05) is 6.07 Å². The van der Waals surface area contributed by atoms with E-state index in [0.29, 0.717) is 0 Å². The van der Waals surface area contributed by atoms with E-state index in [2.05, 4.69) is 10.0 Å². The SMILES string of the molecule is CNS(=O)(=O)c1cccc(C(=O)OCC(=O)N(C)CC(=O)NC2CC2)c1. The maximum atomic E-state index is 12.0. The second-order valence-electron chi connectivity index (χ2n) is 5.90. The van der Waals surface area contributed by atoms with Gasteiger partial charge >= 0.3 is 5.97 Å². The fourth-order valence-electron chi connectivity index (χ4n) is 2.03. The lowest BCUT2D eigenvalue weighted by atomic mass is 10.2. The van der Waals surface area contributed by atoms with Gasteiger partial charge in [0.1, 0.15) is 0 Å². The molecule has 0 heterocycles. The number of ether oxygens (including phenoxy) is 1. The molecule has 10 heteroatoms. The number of rotatable bonds is 8. The summed E-state index contributed by atoms with van der Waals surface area (Å²) in [7, 11) is -1.00. The van der Waals surface area contributed by atoms with E-state index in [1.54, 1.807) is 0 Å². The highest BCUT2D eigenvalue weighted by molar-refractivity contribution is 7.89. The normalized spacial score (nSPS) is 13.8. The van der Waals surface area contributed by atoms with Crippen LogP contribution in [0.1, 0.15) is 23.2 Å². The van der Waals surface area contributed by atoms with Gasteiger partial charge in [-0.3, -0.25) is 9.59 Å². The lowest BCUT2D eigenvalue weighted by Gasteiger charge is -2.16. The molecule has 0 radical (unpaired) electrons. The number of nitrogens with one attached hydrogen (secondary N) is 2. The number of hydrogen-bond acceptors (Lipinski definition) is 6. The molecule has 9 nitrogen and oxygen atoms in total. The van der Waals surface area contributed by atoms with E-state index < -0.39 is 28.5 Å².